The van der Waals surface area contributed by atoms with Crippen LogP contribution in [0, 0.1) is 6.92 Å². The summed E-state index contributed by atoms with van der Waals surface area (Å²) in [5.41, 5.74) is 2.40. The number of para-hydroxylation sites is 1. The van der Waals surface area contributed by atoms with Crippen molar-refractivity contribution in [3.05, 3.63) is 58.1 Å². The summed E-state index contributed by atoms with van der Waals surface area (Å²) in [5, 5.41) is 3.16. The van der Waals surface area contributed by atoms with Crippen molar-refractivity contribution in [2.75, 3.05) is 7.05 Å². The van der Waals surface area contributed by atoms with Gasteiger partial charge in [-0.25, -0.2) is 0 Å². The minimum atomic E-state index is 0.793. The lowest BCUT2D eigenvalue weighted by Gasteiger charge is -2.12. The Balaban J connectivity index is 2.31. The van der Waals surface area contributed by atoms with Crippen LogP contribution in [0.5, 0.6) is 11.5 Å². The van der Waals surface area contributed by atoms with Crippen molar-refractivity contribution in [3.8, 4) is 11.5 Å². The topological polar surface area (TPSA) is 21.3 Å². The summed E-state index contributed by atoms with van der Waals surface area (Å²) in [5.74, 6) is 1.72. The zero-order chi connectivity index (χ0) is 13.0. The van der Waals surface area contributed by atoms with Gasteiger partial charge < -0.3 is 10.1 Å². The fourth-order valence-corrected chi connectivity index (χ4v) is 2.15. The molecule has 0 amide bonds. The second-order valence-corrected chi connectivity index (χ2v) is 5.03. The molecule has 0 bridgehead atoms. The summed E-state index contributed by atoms with van der Waals surface area (Å²) in [6.45, 7) is 2.88. The first-order valence-electron chi connectivity index (χ1n) is 5.87. The van der Waals surface area contributed by atoms with Gasteiger partial charge in [0.15, 0.2) is 0 Å². The standard InChI is InChI=1S/C15H16BrNO/c1-11-7-8-14(12(9-11)10-17-2)18-15-6-4-3-5-13(15)16/h3-9,17H,10H2,1-2H3. The van der Waals surface area contributed by atoms with Gasteiger partial charge >= 0.3 is 0 Å². The van der Waals surface area contributed by atoms with Crippen molar-refractivity contribution in [2.45, 2.75) is 13.5 Å². The third kappa shape index (κ3) is 3.12. The van der Waals surface area contributed by atoms with Crippen molar-refractivity contribution < 1.29 is 4.74 Å². The van der Waals surface area contributed by atoms with Gasteiger partial charge in [-0.2, -0.15) is 0 Å². The Labute approximate surface area is 116 Å². The van der Waals surface area contributed by atoms with E-state index in [4.69, 9.17) is 4.74 Å². The van der Waals surface area contributed by atoms with Gasteiger partial charge in [-0.15, -0.1) is 0 Å². The first kappa shape index (κ1) is 13.1. The molecular formula is C15H16BrNO. The molecule has 0 aliphatic heterocycles. The van der Waals surface area contributed by atoms with E-state index in [9.17, 15) is 0 Å². The van der Waals surface area contributed by atoms with Gasteiger partial charge in [0.05, 0.1) is 4.47 Å². The molecule has 0 saturated heterocycles. The number of ether oxygens (including phenoxy) is 1. The average molecular weight is 306 g/mol. The van der Waals surface area contributed by atoms with E-state index in [1.54, 1.807) is 0 Å². The minimum absolute atomic E-state index is 0.793. The predicted octanol–water partition coefficient (Wildman–Crippen LogP) is 4.27. The molecule has 0 heterocycles. The average Bonchev–Trinajstić information content (AvgIpc) is 2.35. The number of halogens is 1. The predicted molar refractivity (Wildman–Crippen MR) is 78.2 cm³/mol. The second-order valence-electron chi connectivity index (χ2n) is 4.17. The van der Waals surface area contributed by atoms with Crippen LogP contribution in [0.25, 0.3) is 0 Å². The summed E-state index contributed by atoms with van der Waals surface area (Å²) in [6.07, 6.45) is 0. The van der Waals surface area contributed by atoms with Crippen LogP contribution >= 0.6 is 15.9 Å². The van der Waals surface area contributed by atoms with E-state index in [2.05, 4.69) is 40.3 Å². The molecule has 94 valence electrons. The minimum Gasteiger partial charge on any atom is -0.456 e. The maximum atomic E-state index is 5.96. The van der Waals surface area contributed by atoms with Crippen LogP contribution in [0.2, 0.25) is 0 Å². The Morgan fingerprint density at radius 3 is 2.61 bits per heavy atom. The highest BCUT2D eigenvalue weighted by atomic mass is 79.9. The summed E-state index contributed by atoms with van der Waals surface area (Å²) in [7, 11) is 1.94. The molecule has 2 aromatic rings. The largest absolute Gasteiger partial charge is 0.456 e. The molecule has 0 fully saturated rings. The molecule has 2 aromatic carbocycles. The van der Waals surface area contributed by atoms with Gasteiger partial charge in [0.25, 0.3) is 0 Å². The van der Waals surface area contributed by atoms with Crippen LogP contribution in [0.15, 0.2) is 46.9 Å². The lowest BCUT2D eigenvalue weighted by molar-refractivity contribution is 0.471. The molecule has 0 aromatic heterocycles. The molecule has 0 atom stereocenters. The van der Waals surface area contributed by atoms with Crippen molar-refractivity contribution in [3.63, 3.8) is 0 Å². The van der Waals surface area contributed by atoms with E-state index < -0.39 is 0 Å². The highest BCUT2D eigenvalue weighted by Gasteiger charge is 2.06. The van der Waals surface area contributed by atoms with Gasteiger partial charge in [-0.05, 0) is 48.1 Å². The molecule has 0 saturated carbocycles. The smallest absolute Gasteiger partial charge is 0.141 e. The van der Waals surface area contributed by atoms with Gasteiger partial charge in [-0.3, -0.25) is 0 Å². The van der Waals surface area contributed by atoms with Gasteiger partial charge in [0.2, 0.25) is 0 Å². The van der Waals surface area contributed by atoms with Crippen LogP contribution < -0.4 is 10.1 Å². The van der Waals surface area contributed by atoms with E-state index in [1.807, 2.05) is 37.4 Å². The van der Waals surface area contributed by atoms with E-state index in [0.29, 0.717) is 0 Å². The third-order valence-corrected chi connectivity index (χ3v) is 3.29. The zero-order valence-electron chi connectivity index (χ0n) is 10.5. The highest BCUT2D eigenvalue weighted by molar-refractivity contribution is 9.10. The Kier molecular flexibility index (Phi) is 4.39. The molecule has 0 unspecified atom stereocenters. The molecule has 3 heteroatoms. The quantitative estimate of drug-likeness (QED) is 0.911. The summed E-state index contributed by atoms with van der Waals surface area (Å²) >= 11 is 3.49. The Morgan fingerprint density at radius 1 is 1.11 bits per heavy atom. The van der Waals surface area contributed by atoms with Gasteiger partial charge in [-0.1, -0.05) is 29.8 Å². The van der Waals surface area contributed by atoms with Crippen LogP contribution in [-0.2, 0) is 6.54 Å². The lowest BCUT2D eigenvalue weighted by atomic mass is 10.1. The monoisotopic (exact) mass is 305 g/mol. The zero-order valence-corrected chi connectivity index (χ0v) is 12.1. The van der Waals surface area contributed by atoms with Gasteiger partial charge in [0, 0.05) is 12.1 Å². The van der Waals surface area contributed by atoms with Crippen molar-refractivity contribution in [1.82, 2.24) is 5.32 Å². The van der Waals surface area contributed by atoms with Crippen molar-refractivity contribution in [1.29, 1.82) is 0 Å². The van der Waals surface area contributed by atoms with Crippen LogP contribution in [0.4, 0.5) is 0 Å². The Morgan fingerprint density at radius 2 is 1.89 bits per heavy atom. The second kappa shape index (κ2) is 6.03. The molecule has 18 heavy (non-hydrogen) atoms. The maximum Gasteiger partial charge on any atom is 0.141 e. The molecule has 0 aliphatic rings. The third-order valence-electron chi connectivity index (χ3n) is 2.64. The molecule has 0 radical (unpaired) electrons. The normalized spacial score (nSPS) is 10.4. The molecule has 2 rings (SSSR count). The van der Waals surface area contributed by atoms with E-state index >= 15 is 0 Å². The van der Waals surface area contributed by atoms with Crippen molar-refractivity contribution in [2.24, 2.45) is 0 Å². The van der Waals surface area contributed by atoms with E-state index in [-0.39, 0.29) is 0 Å². The number of hydrogen-bond acceptors (Lipinski definition) is 2. The molecule has 1 N–H and O–H groups in total. The number of hydrogen-bond donors (Lipinski definition) is 1. The lowest BCUT2D eigenvalue weighted by Crippen LogP contribution is -2.06. The molecule has 0 spiro atoms. The van der Waals surface area contributed by atoms with Crippen LogP contribution in [0.3, 0.4) is 0 Å². The fraction of sp³-hybridized carbons (Fsp3) is 0.200. The van der Waals surface area contributed by atoms with E-state index in [1.165, 1.54) is 5.56 Å². The van der Waals surface area contributed by atoms with E-state index in [0.717, 1.165) is 28.1 Å². The number of nitrogens with one attached hydrogen (secondary N) is 1. The maximum absolute atomic E-state index is 5.96. The van der Waals surface area contributed by atoms with Crippen molar-refractivity contribution >= 4 is 15.9 Å². The molecular weight excluding hydrogens is 290 g/mol. The SMILES string of the molecule is CNCc1cc(C)ccc1Oc1ccccc1Br. The first-order valence-corrected chi connectivity index (χ1v) is 6.66. The van der Waals surface area contributed by atoms with Gasteiger partial charge in [0.1, 0.15) is 11.5 Å². The summed E-state index contributed by atoms with van der Waals surface area (Å²) in [4.78, 5) is 0. The molecule has 2 nitrogen and oxygen atoms in total. The summed E-state index contributed by atoms with van der Waals surface area (Å²) in [6, 6.07) is 14.1. The Hall–Kier alpha value is -1.32. The first-order chi connectivity index (χ1) is 8.70. The fourth-order valence-electron chi connectivity index (χ4n) is 1.78. The summed E-state index contributed by atoms with van der Waals surface area (Å²) < 4.78 is 6.92. The van der Waals surface area contributed by atoms with Crippen LogP contribution in [-0.4, -0.2) is 7.05 Å². The molecule has 0 aliphatic carbocycles. The van der Waals surface area contributed by atoms with Crippen LogP contribution in [0.1, 0.15) is 11.1 Å². The number of rotatable bonds is 4. The number of aryl methyl sites for hydroxylation is 1. The Bertz CT molecular complexity index is 540. The number of benzene rings is 2. The highest BCUT2D eigenvalue weighted by Crippen LogP contribution is 2.31.